The lowest BCUT2D eigenvalue weighted by molar-refractivity contribution is 0.356. The smallest absolute Gasteiger partial charge is 0.0847 e. The first-order valence-corrected chi connectivity index (χ1v) is 7.30. The summed E-state index contributed by atoms with van der Waals surface area (Å²) in [7, 11) is 1.98. The lowest BCUT2D eigenvalue weighted by Gasteiger charge is -2.24. The standard InChI is InChI=1S/C14H26ClN3/c1-6-8-16-10(3)12(7-2)9-13-14(15)11(4)17-18(13)5/h10,12,16H,6-9H2,1-5H3. The van der Waals surface area contributed by atoms with Crippen LogP contribution in [0.5, 0.6) is 0 Å². The van der Waals surface area contributed by atoms with Crippen LogP contribution in [0.15, 0.2) is 0 Å². The van der Waals surface area contributed by atoms with Gasteiger partial charge in [0.25, 0.3) is 0 Å². The maximum atomic E-state index is 6.32. The number of aryl methyl sites for hydroxylation is 2. The molecule has 0 saturated carbocycles. The third kappa shape index (κ3) is 3.72. The monoisotopic (exact) mass is 271 g/mol. The van der Waals surface area contributed by atoms with Gasteiger partial charge < -0.3 is 5.32 Å². The summed E-state index contributed by atoms with van der Waals surface area (Å²) in [5, 5.41) is 8.79. The first-order valence-electron chi connectivity index (χ1n) is 6.92. The molecule has 1 aromatic rings. The summed E-state index contributed by atoms with van der Waals surface area (Å²) in [6.07, 6.45) is 3.31. The quantitative estimate of drug-likeness (QED) is 0.824. The van der Waals surface area contributed by atoms with E-state index < -0.39 is 0 Å². The maximum absolute atomic E-state index is 6.32. The topological polar surface area (TPSA) is 29.9 Å². The summed E-state index contributed by atoms with van der Waals surface area (Å²) < 4.78 is 1.92. The van der Waals surface area contributed by atoms with Crippen molar-refractivity contribution < 1.29 is 0 Å². The van der Waals surface area contributed by atoms with Crippen molar-refractivity contribution in [2.24, 2.45) is 13.0 Å². The second-order valence-electron chi connectivity index (χ2n) is 5.08. The van der Waals surface area contributed by atoms with Crippen LogP contribution in [0.2, 0.25) is 5.02 Å². The fourth-order valence-corrected chi connectivity index (χ4v) is 2.60. The molecule has 2 unspecified atom stereocenters. The number of aromatic nitrogens is 2. The summed E-state index contributed by atoms with van der Waals surface area (Å²) in [6, 6.07) is 0.515. The molecule has 1 heterocycles. The summed E-state index contributed by atoms with van der Waals surface area (Å²) >= 11 is 6.32. The zero-order chi connectivity index (χ0) is 13.7. The van der Waals surface area contributed by atoms with E-state index in [4.69, 9.17) is 11.6 Å². The number of hydrogen-bond acceptors (Lipinski definition) is 2. The summed E-state index contributed by atoms with van der Waals surface area (Å²) in [5.41, 5.74) is 2.09. The van der Waals surface area contributed by atoms with Gasteiger partial charge in [-0.3, -0.25) is 4.68 Å². The normalized spacial score (nSPS) is 14.8. The largest absolute Gasteiger partial charge is 0.314 e. The molecule has 0 fully saturated rings. The van der Waals surface area contributed by atoms with E-state index in [1.165, 1.54) is 6.42 Å². The Morgan fingerprint density at radius 1 is 1.39 bits per heavy atom. The zero-order valence-electron chi connectivity index (χ0n) is 12.3. The van der Waals surface area contributed by atoms with Crippen LogP contribution in [0.1, 0.15) is 45.0 Å². The van der Waals surface area contributed by atoms with Crippen LogP contribution in [0, 0.1) is 12.8 Å². The highest BCUT2D eigenvalue weighted by Crippen LogP contribution is 2.24. The summed E-state index contributed by atoms with van der Waals surface area (Å²) in [6.45, 7) is 9.75. The fraction of sp³-hybridized carbons (Fsp3) is 0.786. The van der Waals surface area contributed by atoms with Gasteiger partial charge in [0.05, 0.1) is 16.4 Å². The molecule has 104 valence electrons. The number of nitrogens with one attached hydrogen (secondary N) is 1. The van der Waals surface area contributed by atoms with E-state index >= 15 is 0 Å². The van der Waals surface area contributed by atoms with Crippen molar-refractivity contribution >= 4 is 11.6 Å². The van der Waals surface area contributed by atoms with Gasteiger partial charge in [-0.25, -0.2) is 0 Å². The van der Waals surface area contributed by atoms with Crippen LogP contribution in [-0.2, 0) is 13.5 Å². The Balaban J connectivity index is 2.73. The van der Waals surface area contributed by atoms with Crippen molar-refractivity contribution in [1.82, 2.24) is 15.1 Å². The predicted octanol–water partition coefficient (Wildman–Crippen LogP) is 3.34. The molecule has 1 N–H and O–H groups in total. The maximum Gasteiger partial charge on any atom is 0.0847 e. The van der Waals surface area contributed by atoms with Crippen molar-refractivity contribution in [3.05, 3.63) is 16.4 Å². The first kappa shape index (κ1) is 15.5. The Hall–Kier alpha value is -0.540. The second-order valence-corrected chi connectivity index (χ2v) is 5.46. The van der Waals surface area contributed by atoms with E-state index in [9.17, 15) is 0 Å². The Morgan fingerprint density at radius 3 is 2.50 bits per heavy atom. The van der Waals surface area contributed by atoms with Crippen LogP contribution in [0.25, 0.3) is 0 Å². The van der Waals surface area contributed by atoms with Crippen LogP contribution in [-0.4, -0.2) is 22.4 Å². The van der Waals surface area contributed by atoms with Crippen molar-refractivity contribution in [3.8, 4) is 0 Å². The number of nitrogens with zero attached hydrogens (tertiary/aromatic N) is 2. The Labute approximate surface area is 116 Å². The minimum atomic E-state index is 0.515. The lowest BCUT2D eigenvalue weighted by atomic mass is 9.92. The molecular weight excluding hydrogens is 246 g/mol. The molecule has 0 amide bonds. The minimum Gasteiger partial charge on any atom is -0.314 e. The third-order valence-electron chi connectivity index (χ3n) is 3.66. The van der Waals surface area contributed by atoms with E-state index in [0.717, 1.165) is 35.8 Å². The van der Waals surface area contributed by atoms with Crippen molar-refractivity contribution in [1.29, 1.82) is 0 Å². The van der Waals surface area contributed by atoms with Crippen LogP contribution in [0.3, 0.4) is 0 Å². The Kier molecular flexibility index (Phi) is 6.16. The molecule has 1 rings (SSSR count). The van der Waals surface area contributed by atoms with Gasteiger partial charge in [0.1, 0.15) is 0 Å². The molecule has 0 spiro atoms. The first-order chi connectivity index (χ1) is 8.51. The highest BCUT2D eigenvalue weighted by Gasteiger charge is 2.20. The van der Waals surface area contributed by atoms with Crippen LogP contribution in [0.4, 0.5) is 0 Å². The van der Waals surface area contributed by atoms with Crippen molar-refractivity contribution in [3.63, 3.8) is 0 Å². The van der Waals surface area contributed by atoms with Crippen molar-refractivity contribution in [2.75, 3.05) is 6.54 Å². The highest BCUT2D eigenvalue weighted by atomic mass is 35.5. The van der Waals surface area contributed by atoms with Gasteiger partial charge in [0.15, 0.2) is 0 Å². The SMILES string of the molecule is CCCNC(C)C(CC)Cc1c(Cl)c(C)nn1C. The highest BCUT2D eigenvalue weighted by molar-refractivity contribution is 6.31. The molecule has 0 bridgehead atoms. The molecule has 4 heteroatoms. The van der Waals surface area contributed by atoms with E-state index in [1.807, 2.05) is 18.7 Å². The van der Waals surface area contributed by atoms with Crippen LogP contribution >= 0.6 is 11.6 Å². The van der Waals surface area contributed by atoms with Gasteiger partial charge in [0, 0.05) is 13.1 Å². The minimum absolute atomic E-state index is 0.515. The van der Waals surface area contributed by atoms with Gasteiger partial charge in [-0.15, -0.1) is 0 Å². The molecule has 3 nitrogen and oxygen atoms in total. The van der Waals surface area contributed by atoms with Gasteiger partial charge in [0.2, 0.25) is 0 Å². The van der Waals surface area contributed by atoms with Gasteiger partial charge in [-0.05, 0) is 39.2 Å². The molecule has 1 aromatic heterocycles. The van der Waals surface area contributed by atoms with Crippen LogP contribution < -0.4 is 5.32 Å². The molecule has 0 radical (unpaired) electrons. The summed E-state index contributed by atoms with van der Waals surface area (Å²) in [4.78, 5) is 0. The zero-order valence-corrected chi connectivity index (χ0v) is 13.0. The number of hydrogen-bond donors (Lipinski definition) is 1. The molecular formula is C14H26ClN3. The molecule has 0 aliphatic rings. The average Bonchev–Trinajstić information content (AvgIpc) is 2.58. The lowest BCUT2D eigenvalue weighted by Crippen LogP contribution is -2.35. The molecule has 0 aromatic carbocycles. The second kappa shape index (κ2) is 7.15. The Morgan fingerprint density at radius 2 is 2.06 bits per heavy atom. The van der Waals surface area contributed by atoms with Gasteiger partial charge >= 0.3 is 0 Å². The Bertz CT molecular complexity index is 373. The average molecular weight is 272 g/mol. The molecule has 0 aliphatic carbocycles. The molecule has 0 saturated heterocycles. The van der Waals surface area contributed by atoms with E-state index in [-0.39, 0.29) is 0 Å². The molecule has 18 heavy (non-hydrogen) atoms. The number of rotatable bonds is 7. The fourth-order valence-electron chi connectivity index (χ4n) is 2.36. The summed E-state index contributed by atoms with van der Waals surface area (Å²) in [5.74, 6) is 0.601. The van der Waals surface area contributed by atoms with E-state index in [2.05, 4.69) is 31.2 Å². The van der Waals surface area contributed by atoms with E-state index in [0.29, 0.717) is 12.0 Å². The van der Waals surface area contributed by atoms with Gasteiger partial charge in [-0.2, -0.15) is 5.10 Å². The molecule has 2 atom stereocenters. The molecule has 0 aliphatic heterocycles. The van der Waals surface area contributed by atoms with E-state index in [1.54, 1.807) is 0 Å². The third-order valence-corrected chi connectivity index (χ3v) is 4.16. The predicted molar refractivity (Wildman–Crippen MR) is 78.2 cm³/mol. The van der Waals surface area contributed by atoms with Crippen molar-refractivity contribution in [2.45, 2.75) is 53.0 Å². The van der Waals surface area contributed by atoms with Gasteiger partial charge in [-0.1, -0.05) is 31.9 Å². The number of halogens is 1.